The Labute approximate surface area is 101 Å². The highest BCUT2D eigenvalue weighted by atomic mass is 79.9. The van der Waals surface area contributed by atoms with Crippen molar-refractivity contribution in [3.63, 3.8) is 0 Å². The Balaban J connectivity index is 2.72. The van der Waals surface area contributed by atoms with Crippen LogP contribution in [0.3, 0.4) is 0 Å². The lowest BCUT2D eigenvalue weighted by Crippen LogP contribution is -2.21. The molecule has 1 nitrogen and oxygen atoms in total. The first-order valence-corrected chi connectivity index (χ1v) is 6.19. The molecule has 15 heavy (non-hydrogen) atoms. The first-order valence-electron chi connectivity index (χ1n) is 5.40. The standard InChI is InChI=1S/C13H19BrO/c1-10(2)8-9-13(3,15)11-4-6-12(14)7-5-11/h4-7,10,15H,8-9H2,1-3H3. The third-order valence-electron chi connectivity index (χ3n) is 2.67. The van der Waals surface area contributed by atoms with Gasteiger partial charge in [-0.05, 0) is 43.4 Å². The maximum atomic E-state index is 10.3. The fourth-order valence-corrected chi connectivity index (χ4v) is 1.79. The van der Waals surface area contributed by atoms with Crippen molar-refractivity contribution in [2.24, 2.45) is 5.92 Å². The summed E-state index contributed by atoms with van der Waals surface area (Å²) >= 11 is 3.39. The summed E-state index contributed by atoms with van der Waals surface area (Å²) in [5.74, 6) is 0.631. The van der Waals surface area contributed by atoms with Crippen molar-refractivity contribution in [2.75, 3.05) is 0 Å². The van der Waals surface area contributed by atoms with Crippen LogP contribution in [-0.2, 0) is 5.60 Å². The van der Waals surface area contributed by atoms with E-state index in [4.69, 9.17) is 0 Å². The number of rotatable bonds is 4. The molecule has 0 heterocycles. The zero-order chi connectivity index (χ0) is 11.5. The molecule has 0 aliphatic heterocycles. The van der Waals surface area contributed by atoms with Crippen LogP contribution in [0.5, 0.6) is 0 Å². The molecule has 1 N–H and O–H groups in total. The fraction of sp³-hybridized carbons (Fsp3) is 0.538. The van der Waals surface area contributed by atoms with Gasteiger partial charge in [-0.1, -0.05) is 41.9 Å². The van der Waals surface area contributed by atoms with Crippen LogP contribution in [0, 0.1) is 5.92 Å². The second-order valence-electron chi connectivity index (χ2n) is 4.71. The van der Waals surface area contributed by atoms with Crippen LogP contribution < -0.4 is 0 Å². The highest BCUT2D eigenvalue weighted by Crippen LogP contribution is 2.28. The summed E-state index contributed by atoms with van der Waals surface area (Å²) in [6.45, 7) is 6.24. The van der Waals surface area contributed by atoms with E-state index in [1.54, 1.807) is 0 Å². The molecule has 0 spiro atoms. The van der Waals surface area contributed by atoms with Crippen molar-refractivity contribution in [2.45, 2.75) is 39.2 Å². The molecule has 0 saturated heterocycles. The minimum atomic E-state index is -0.703. The Kier molecular flexibility index (Phi) is 4.35. The van der Waals surface area contributed by atoms with Crippen LogP contribution in [0.1, 0.15) is 39.2 Å². The van der Waals surface area contributed by atoms with Gasteiger partial charge < -0.3 is 5.11 Å². The van der Waals surface area contributed by atoms with Gasteiger partial charge in [-0.25, -0.2) is 0 Å². The zero-order valence-corrected chi connectivity index (χ0v) is 11.2. The van der Waals surface area contributed by atoms with Gasteiger partial charge in [0.25, 0.3) is 0 Å². The van der Waals surface area contributed by atoms with Gasteiger partial charge in [-0.2, -0.15) is 0 Å². The maximum Gasteiger partial charge on any atom is 0.0868 e. The number of hydrogen-bond acceptors (Lipinski definition) is 1. The Morgan fingerprint density at radius 3 is 2.27 bits per heavy atom. The molecule has 1 unspecified atom stereocenters. The molecule has 0 radical (unpaired) electrons. The Hall–Kier alpha value is -0.340. The maximum absolute atomic E-state index is 10.3. The molecule has 1 atom stereocenters. The van der Waals surface area contributed by atoms with Gasteiger partial charge in [0.2, 0.25) is 0 Å². The summed E-state index contributed by atoms with van der Waals surface area (Å²) in [5, 5.41) is 10.3. The minimum Gasteiger partial charge on any atom is -0.385 e. The van der Waals surface area contributed by atoms with E-state index in [1.165, 1.54) is 0 Å². The smallest absolute Gasteiger partial charge is 0.0868 e. The molecule has 0 aromatic heterocycles. The van der Waals surface area contributed by atoms with Crippen molar-refractivity contribution >= 4 is 15.9 Å². The SMILES string of the molecule is CC(C)CCC(C)(O)c1ccc(Br)cc1. The van der Waals surface area contributed by atoms with E-state index in [2.05, 4.69) is 29.8 Å². The van der Waals surface area contributed by atoms with E-state index in [9.17, 15) is 5.11 Å². The molecule has 0 amide bonds. The van der Waals surface area contributed by atoms with Crippen molar-refractivity contribution in [1.82, 2.24) is 0 Å². The van der Waals surface area contributed by atoms with E-state index in [-0.39, 0.29) is 0 Å². The largest absolute Gasteiger partial charge is 0.385 e. The van der Waals surface area contributed by atoms with Gasteiger partial charge in [0.15, 0.2) is 0 Å². The predicted molar refractivity (Wildman–Crippen MR) is 67.8 cm³/mol. The van der Waals surface area contributed by atoms with Crippen LogP contribution in [0.25, 0.3) is 0 Å². The van der Waals surface area contributed by atoms with E-state index in [1.807, 2.05) is 31.2 Å². The molecule has 0 bridgehead atoms. The van der Waals surface area contributed by atoms with Crippen LogP contribution in [0.2, 0.25) is 0 Å². The summed E-state index contributed by atoms with van der Waals surface area (Å²) in [6.07, 6.45) is 1.86. The second-order valence-corrected chi connectivity index (χ2v) is 5.63. The summed E-state index contributed by atoms with van der Waals surface area (Å²) < 4.78 is 1.05. The average Bonchev–Trinajstić information content (AvgIpc) is 2.16. The lowest BCUT2D eigenvalue weighted by molar-refractivity contribution is 0.0420. The third-order valence-corrected chi connectivity index (χ3v) is 3.20. The van der Waals surface area contributed by atoms with Crippen molar-refractivity contribution < 1.29 is 5.11 Å². The first-order chi connectivity index (χ1) is 6.92. The van der Waals surface area contributed by atoms with Gasteiger partial charge in [-0.15, -0.1) is 0 Å². The molecular weight excluding hydrogens is 252 g/mol. The summed E-state index contributed by atoms with van der Waals surface area (Å²) in [6, 6.07) is 7.90. The van der Waals surface area contributed by atoms with Gasteiger partial charge in [0.05, 0.1) is 5.60 Å². The van der Waals surface area contributed by atoms with E-state index >= 15 is 0 Å². The van der Waals surface area contributed by atoms with Crippen LogP contribution in [0.15, 0.2) is 28.7 Å². The summed E-state index contributed by atoms with van der Waals surface area (Å²) in [7, 11) is 0. The molecule has 2 heteroatoms. The lowest BCUT2D eigenvalue weighted by Gasteiger charge is -2.24. The molecule has 84 valence electrons. The topological polar surface area (TPSA) is 20.2 Å². The molecular formula is C13H19BrO. The fourth-order valence-electron chi connectivity index (χ4n) is 1.52. The van der Waals surface area contributed by atoms with Gasteiger partial charge in [0, 0.05) is 4.47 Å². The summed E-state index contributed by atoms with van der Waals surface area (Å²) in [5.41, 5.74) is 0.289. The van der Waals surface area contributed by atoms with Crippen LogP contribution in [0.4, 0.5) is 0 Å². The van der Waals surface area contributed by atoms with Crippen molar-refractivity contribution in [3.8, 4) is 0 Å². The highest BCUT2D eigenvalue weighted by Gasteiger charge is 2.22. The molecule has 1 rings (SSSR count). The van der Waals surface area contributed by atoms with Gasteiger partial charge >= 0.3 is 0 Å². The second kappa shape index (κ2) is 5.13. The molecule has 0 fully saturated rings. The number of hydrogen-bond donors (Lipinski definition) is 1. The zero-order valence-electron chi connectivity index (χ0n) is 9.63. The predicted octanol–water partition coefficient (Wildman–Crippen LogP) is 4.09. The van der Waals surface area contributed by atoms with E-state index < -0.39 is 5.60 Å². The minimum absolute atomic E-state index is 0.631. The Morgan fingerprint density at radius 2 is 1.80 bits per heavy atom. The third kappa shape index (κ3) is 3.96. The number of aliphatic hydroxyl groups is 1. The van der Waals surface area contributed by atoms with Gasteiger partial charge in [-0.3, -0.25) is 0 Å². The lowest BCUT2D eigenvalue weighted by atomic mass is 9.89. The molecule has 1 aromatic carbocycles. The van der Waals surface area contributed by atoms with Gasteiger partial charge in [0.1, 0.15) is 0 Å². The van der Waals surface area contributed by atoms with Crippen molar-refractivity contribution in [3.05, 3.63) is 34.3 Å². The Bertz CT molecular complexity index is 301. The summed E-state index contributed by atoms with van der Waals surface area (Å²) in [4.78, 5) is 0. The first kappa shape index (κ1) is 12.7. The molecule has 0 aliphatic rings. The Morgan fingerprint density at radius 1 is 1.27 bits per heavy atom. The van der Waals surface area contributed by atoms with Crippen LogP contribution in [-0.4, -0.2) is 5.11 Å². The quantitative estimate of drug-likeness (QED) is 0.874. The number of halogens is 1. The molecule has 1 aromatic rings. The van der Waals surface area contributed by atoms with E-state index in [0.717, 1.165) is 22.9 Å². The number of benzene rings is 1. The monoisotopic (exact) mass is 270 g/mol. The normalized spacial score (nSPS) is 15.3. The van der Waals surface area contributed by atoms with Crippen molar-refractivity contribution in [1.29, 1.82) is 0 Å². The molecule has 0 saturated carbocycles. The van der Waals surface area contributed by atoms with E-state index in [0.29, 0.717) is 5.92 Å². The van der Waals surface area contributed by atoms with Crippen LogP contribution >= 0.6 is 15.9 Å². The average molecular weight is 271 g/mol. The highest BCUT2D eigenvalue weighted by molar-refractivity contribution is 9.10. The molecule has 0 aliphatic carbocycles.